The Morgan fingerprint density at radius 2 is 1.85 bits per heavy atom. The van der Waals surface area contributed by atoms with Gasteiger partial charge in [-0.05, 0) is 48.1 Å². The van der Waals surface area contributed by atoms with Gasteiger partial charge >= 0.3 is 0 Å². The highest BCUT2D eigenvalue weighted by molar-refractivity contribution is 5.83. The van der Waals surface area contributed by atoms with Gasteiger partial charge in [-0.25, -0.2) is 0 Å². The van der Waals surface area contributed by atoms with Crippen LogP contribution in [0.4, 0.5) is 0 Å². The van der Waals surface area contributed by atoms with Gasteiger partial charge in [0.05, 0.1) is 0 Å². The lowest BCUT2D eigenvalue weighted by atomic mass is 10.0. The molecule has 0 bridgehead atoms. The van der Waals surface area contributed by atoms with Crippen LogP contribution in [0.5, 0.6) is 0 Å². The van der Waals surface area contributed by atoms with Crippen molar-refractivity contribution in [2.75, 3.05) is 0 Å². The van der Waals surface area contributed by atoms with E-state index in [-0.39, 0.29) is 0 Å². The van der Waals surface area contributed by atoms with Crippen LogP contribution >= 0.6 is 0 Å². The third kappa shape index (κ3) is 3.21. The first-order valence-corrected chi connectivity index (χ1v) is 8.01. The van der Waals surface area contributed by atoms with E-state index in [4.69, 9.17) is 0 Å². The molecular weight excluding hydrogens is 242 g/mol. The molecule has 0 saturated heterocycles. The molecule has 20 heavy (non-hydrogen) atoms. The second kappa shape index (κ2) is 5.97. The highest BCUT2D eigenvalue weighted by atomic mass is 14.9. The summed E-state index contributed by atoms with van der Waals surface area (Å²) < 4.78 is 0. The molecule has 2 unspecified atom stereocenters. The minimum atomic E-state index is 0.434. The maximum Gasteiger partial charge on any atom is 0.0294 e. The first kappa shape index (κ1) is 13.6. The zero-order valence-corrected chi connectivity index (χ0v) is 12.6. The number of hydrogen-bond donors (Lipinski definition) is 1. The van der Waals surface area contributed by atoms with Gasteiger partial charge < -0.3 is 5.32 Å². The average Bonchev–Trinajstić information content (AvgIpc) is 3.30. The lowest BCUT2D eigenvalue weighted by Crippen LogP contribution is -2.31. The van der Waals surface area contributed by atoms with E-state index in [0.29, 0.717) is 12.1 Å². The molecule has 0 aromatic heterocycles. The Morgan fingerprint density at radius 3 is 2.55 bits per heavy atom. The fourth-order valence-corrected chi connectivity index (χ4v) is 3.04. The van der Waals surface area contributed by atoms with Crippen molar-refractivity contribution in [1.29, 1.82) is 0 Å². The van der Waals surface area contributed by atoms with E-state index >= 15 is 0 Å². The fraction of sp³-hybridized carbons (Fsp3) is 0.474. The van der Waals surface area contributed by atoms with E-state index in [1.807, 2.05) is 0 Å². The monoisotopic (exact) mass is 267 g/mol. The van der Waals surface area contributed by atoms with Crippen molar-refractivity contribution in [2.45, 2.75) is 51.6 Å². The molecule has 0 spiro atoms. The zero-order chi connectivity index (χ0) is 13.9. The van der Waals surface area contributed by atoms with Crippen LogP contribution in [0.1, 0.15) is 51.1 Å². The lowest BCUT2D eigenvalue weighted by molar-refractivity contribution is 0.404. The molecule has 0 radical (unpaired) electrons. The second-order valence-corrected chi connectivity index (χ2v) is 6.28. The Hall–Kier alpha value is -1.34. The molecule has 2 aromatic carbocycles. The third-order valence-electron chi connectivity index (χ3n) is 4.57. The summed E-state index contributed by atoms with van der Waals surface area (Å²) in [4.78, 5) is 0. The van der Waals surface area contributed by atoms with Gasteiger partial charge in [-0.15, -0.1) is 0 Å². The third-order valence-corrected chi connectivity index (χ3v) is 4.57. The molecule has 1 aliphatic rings. The topological polar surface area (TPSA) is 12.0 Å². The largest absolute Gasteiger partial charge is 0.307 e. The van der Waals surface area contributed by atoms with Crippen molar-refractivity contribution in [3.63, 3.8) is 0 Å². The smallest absolute Gasteiger partial charge is 0.0294 e. The Balaban J connectivity index is 1.71. The average molecular weight is 267 g/mol. The quantitative estimate of drug-likeness (QED) is 0.770. The van der Waals surface area contributed by atoms with E-state index in [1.54, 1.807) is 0 Å². The first-order chi connectivity index (χ1) is 9.76. The molecule has 1 aliphatic carbocycles. The van der Waals surface area contributed by atoms with Gasteiger partial charge in [-0.1, -0.05) is 56.2 Å². The van der Waals surface area contributed by atoms with Crippen LogP contribution < -0.4 is 5.32 Å². The van der Waals surface area contributed by atoms with Crippen LogP contribution in [0.3, 0.4) is 0 Å². The summed E-state index contributed by atoms with van der Waals surface area (Å²) in [7, 11) is 0. The number of nitrogens with one attached hydrogen (secondary N) is 1. The number of fused-ring (bicyclic) bond motifs is 1. The molecule has 1 N–H and O–H groups in total. The molecule has 1 fully saturated rings. The van der Waals surface area contributed by atoms with E-state index < -0.39 is 0 Å². The normalized spacial score (nSPS) is 18.1. The van der Waals surface area contributed by atoms with Gasteiger partial charge in [-0.3, -0.25) is 0 Å². The summed E-state index contributed by atoms with van der Waals surface area (Å²) in [6.07, 6.45) is 5.48. The molecule has 106 valence electrons. The Labute approximate surface area is 122 Å². The summed E-state index contributed by atoms with van der Waals surface area (Å²) in [6, 6.07) is 16.5. The molecule has 1 nitrogen and oxygen atoms in total. The summed E-state index contributed by atoms with van der Waals surface area (Å²) in [5.41, 5.74) is 1.40. The Morgan fingerprint density at radius 1 is 1.10 bits per heavy atom. The van der Waals surface area contributed by atoms with Gasteiger partial charge in [-0.2, -0.15) is 0 Å². The lowest BCUT2D eigenvalue weighted by Gasteiger charge is -2.23. The summed E-state index contributed by atoms with van der Waals surface area (Å²) in [5.74, 6) is 0.997. The number of rotatable bonds is 6. The van der Waals surface area contributed by atoms with Crippen molar-refractivity contribution in [3.8, 4) is 0 Å². The van der Waals surface area contributed by atoms with E-state index in [2.05, 4.69) is 61.6 Å². The maximum absolute atomic E-state index is 3.82. The molecule has 0 heterocycles. The molecule has 1 saturated carbocycles. The van der Waals surface area contributed by atoms with Gasteiger partial charge in [0.2, 0.25) is 0 Å². The first-order valence-electron chi connectivity index (χ1n) is 8.01. The van der Waals surface area contributed by atoms with Crippen molar-refractivity contribution in [2.24, 2.45) is 5.92 Å². The summed E-state index contributed by atoms with van der Waals surface area (Å²) in [5, 5.41) is 6.49. The minimum Gasteiger partial charge on any atom is -0.307 e. The van der Waals surface area contributed by atoms with Crippen LogP contribution in [0.25, 0.3) is 10.8 Å². The van der Waals surface area contributed by atoms with Gasteiger partial charge in [0, 0.05) is 12.1 Å². The van der Waals surface area contributed by atoms with Gasteiger partial charge in [0.25, 0.3) is 0 Å². The molecule has 1 heteroatoms. The highest BCUT2D eigenvalue weighted by Crippen LogP contribution is 2.34. The van der Waals surface area contributed by atoms with Crippen molar-refractivity contribution in [1.82, 2.24) is 5.32 Å². The molecular formula is C19H25N. The number of hydrogen-bond acceptors (Lipinski definition) is 1. The molecule has 3 rings (SSSR count). The summed E-state index contributed by atoms with van der Waals surface area (Å²) >= 11 is 0. The standard InChI is InChI=1S/C19H25N/c1-3-19(12-15-8-9-15)20-14(2)17-11-10-16-6-4-5-7-18(16)13-17/h4-7,10-11,13-15,19-20H,3,8-9,12H2,1-2H3. The van der Waals surface area contributed by atoms with Crippen molar-refractivity contribution < 1.29 is 0 Å². The van der Waals surface area contributed by atoms with E-state index in [0.717, 1.165) is 5.92 Å². The molecule has 0 amide bonds. The van der Waals surface area contributed by atoms with Crippen LogP contribution in [0.15, 0.2) is 42.5 Å². The second-order valence-electron chi connectivity index (χ2n) is 6.28. The molecule has 2 aromatic rings. The fourth-order valence-electron chi connectivity index (χ4n) is 3.04. The van der Waals surface area contributed by atoms with Gasteiger partial charge in [0.1, 0.15) is 0 Å². The van der Waals surface area contributed by atoms with Crippen LogP contribution in [-0.4, -0.2) is 6.04 Å². The Bertz CT molecular complexity index is 571. The van der Waals surface area contributed by atoms with E-state index in [9.17, 15) is 0 Å². The molecule has 0 aliphatic heterocycles. The highest BCUT2D eigenvalue weighted by Gasteiger charge is 2.25. The van der Waals surface area contributed by atoms with Crippen LogP contribution in [-0.2, 0) is 0 Å². The minimum absolute atomic E-state index is 0.434. The number of benzene rings is 2. The molecule has 2 atom stereocenters. The maximum atomic E-state index is 3.82. The van der Waals surface area contributed by atoms with Crippen molar-refractivity contribution >= 4 is 10.8 Å². The van der Waals surface area contributed by atoms with Crippen LogP contribution in [0, 0.1) is 5.92 Å². The van der Waals surface area contributed by atoms with Crippen LogP contribution in [0.2, 0.25) is 0 Å². The zero-order valence-electron chi connectivity index (χ0n) is 12.6. The SMILES string of the molecule is CCC(CC1CC1)NC(C)c1ccc2ccccc2c1. The Kier molecular flexibility index (Phi) is 4.07. The summed E-state index contributed by atoms with van der Waals surface area (Å²) in [6.45, 7) is 4.59. The predicted molar refractivity (Wildman–Crippen MR) is 86.9 cm³/mol. The predicted octanol–water partition coefficient (Wildman–Crippen LogP) is 5.07. The van der Waals surface area contributed by atoms with Gasteiger partial charge in [0.15, 0.2) is 0 Å². The van der Waals surface area contributed by atoms with Crippen molar-refractivity contribution in [3.05, 3.63) is 48.0 Å². The van der Waals surface area contributed by atoms with E-state index in [1.165, 1.54) is 42.0 Å².